The maximum Gasteiger partial charge on any atom is 0.227 e. The average Bonchev–Trinajstić information content (AvgIpc) is 2.90. The van der Waals surface area contributed by atoms with E-state index in [-0.39, 0.29) is 30.0 Å². The second-order valence-corrected chi connectivity index (χ2v) is 4.57. The highest BCUT2D eigenvalue weighted by atomic mass is 19.1. The highest BCUT2D eigenvalue weighted by Gasteiger charge is 2.31. The minimum absolute atomic E-state index is 0.0601. The maximum absolute atomic E-state index is 12.8. The Hall–Kier alpha value is -2.11. The lowest BCUT2D eigenvalue weighted by molar-refractivity contribution is -0.130. The first-order valence-corrected chi connectivity index (χ1v) is 6.13. The number of halogens is 1. The highest BCUT2D eigenvalue weighted by Crippen LogP contribution is 2.19. The summed E-state index contributed by atoms with van der Waals surface area (Å²) in [4.78, 5) is 13.8. The zero-order valence-corrected chi connectivity index (χ0v) is 10.4. The second-order valence-electron chi connectivity index (χ2n) is 4.57. The van der Waals surface area contributed by atoms with E-state index in [1.807, 2.05) is 0 Å². The first-order valence-electron chi connectivity index (χ1n) is 6.13. The van der Waals surface area contributed by atoms with E-state index >= 15 is 0 Å². The Balaban J connectivity index is 2.05. The van der Waals surface area contributed by atoms with Gasteiger partial charge in [0.2, 0.25) is 5.91 Å². The summed E-state index contributed by atoms with van der Waals surface area (Å²) in [5.74, 6) is -0.363. The molecule has 0 bridgehead atoms. The molecule has 6 heteroatoms. The number of oxime groups is 1. The Bertz CT molecular complexity index is 487. The van der Waals surface area contributed by atoms with Crippen LogP contribution < -0.4 is 5.73 Å². The van der Waals surface area contributed by atoms with Gasteiger partial charge in [-0.2, -0.15) is 0 Å². The maximum atomic E-state index is 12.8. The largest absolute Gasteiger partial charge is 0.409 e. The van der Waals surface area contributed by atoms with Crippen LogP contribution in [0.25, 0.3) is 0 Å². The Labute approximate surface area is 110 Å². The van der Waals surface area contributed by atoms with Gasteiger partial charge in [-0.15, -0.1) is 0 Å². The van der Waals surface area contributed by atoms with Crippen LogP contribution in [0, 0.1) is 5.82 Å². The second kappa shape index (κ2) is 5.69. The molecular formula is C13H16FN3O2. The van der Waals surface area contributed by atoms with Crippen molar-refractivity contribution in [3.63, 3.8) is 0 Å². The molecule has 1 amide bonds. The highest BCUT2D eigenvalue weighted by molar-refractivity contribution is 5.91. The molecule has 1 aromatic rings. The van der Waals surface area contributed by atoms with Crippen molar-refractivity contribution in [2.75, 3.05) is 6.54 Å². The monoisotopic (exact) mass is 265 g/mol. The van der Waals surface area contributed by atoms with Crippen molar-refractivity contribution in [1.82, 2.24) is 4.90 Å². The Morgan fingerprint density at radius 2 is 2.16 bits per heavy atom. The lowest BCUT2D eigenvalue weighted by Crippen LogP contribution is -2.44. The minimum Gasteiger partial charge on any atom is -0.409 e. The number of rotatable bonds is 3. The van der Waals surface area contributed by atoms with Gasteiger partial charge in [0.15, 0.2) is 5.84 Å². The normalized spacial score (nSPS) is 19.7. The van der Waals surface area contributed by atoms with Gasteiger partial charge in [0.25, 0.3) is 0 Å². The fraction of sp³-hybridized carbons (Fsp3) is 0.385. The number of nitrogens with zero attached hydrogens (tertiary/aromatic N) is 2. The van der Waals surface area contributed by atoms with E-state index in [9.17, 15) is 9.18 Å². The third-order valence-corrected chi connectivity index (χ3v) is 3.30. The summed E-state index contributed by atoms with van der Waals surface area (Å²) in [5.41, 5.74) is 6.32. The van der Waals surface area contributed by atoms with Gasteiger partial charge in [-0.1, -0.05) is 17.3 Å². The van der Waals surface area contributed by atoms with Gasteiger partial charge in [-0.05, 0) is 30.5 Å². The number of amidine groups is 1. The topological polar surface area (TPSA) is 78.9 Å². The van der Waals surface area contributed by atoms with E-state index < -0.39 is 0 Å². The van der Waals surface area contributed by atoms with Gasteiger partial charge in [0, 0.05) is 6.54 Å². The van der Waals surface area contributed by atoms with E-state index in [0.29, 0.717) is 13.0 Å². The molecule has 102 valence electrons. The predicted octanol–water partition coefficient (Wildman–Crippen LogP) is 1.11. The SMILES string of the molecule is NC(=NO)C1CCCN1C(=O)Cc1ccc(F)cc1. The number of carbonyl (C=O) groups excluding carboxylic acids is 1. The van der Waals surface area contributed by atoms with Crippen molar-refractivity contribution in [3.05, 3.63) is 35.6 Å². The Kier molecular flexibility index (Phi) is 3.99. The van der Waals surface area contributed by atoms with Crippen LogP contribution in [0.1, 0.15) is 18.4 Å². The number of amides is 1. The molecule has 1 aliphatic heterocycles. The molecule has 1 fully saturated rings. The summed E-state index contributed by atoms with van der Waals surface area (Å²) in [6.07, 6.45) is 1.72. The van der Waals surface area contributed by atoms with E-state index in [4.69, 9.17) is 10.9 Å². The molecule has 0 aliphatic carbocycles. The van der Waals surface area contributed by atoms with E-state index in [1.165, 1.54) is 12.1 Å². The lowest BCUT2D eigenvalue weighted by atomic mass is 10.1. The van der Waals surface area contributed by atoms with Crippen molar-refractivity contribution >= 4 is 11.7 Å². The zero-order valence-electron chi connectivity index (χ0n) is 10.4. The number of carbonyl (C=O) groups is 1. The van der Waals surface area contributed by atoms with Gasteiger partial charge < -0.3 is 15.8 Å². The first-order chi connectivity index (χ1) is 9.11. The predicted molar refractivity (Wildman–Crippen MR) is 68.2 cm³/mol. The fourth-order valence-corrected chi connectivity index (χ4v) is 2.32. The summed E-state index contributed by atoms with van der Waals surface area (Å²) in [7, 11) is 0. The first kappa shape index (κ1) is 13.3. The van der Waals surface area contributed by atoms with Gasteiger partial charge in [-0.25, -0.2) is 4.39 Å². The third-order valence-electron chi connectivity index (χ3n) is 3.30. The average molecular weight is 265 g/mol. The molecule has 1 heterocycles. The van der Waals surface area contributed by atoms with Gasteiger partial charge >= 0.3 is 0 Å². The van der Waals surface area contributed by atoms with Gasteiger partial charge in [0.05, 0.1) is 12.5 Å². The third kappa shape index (κ3) is 3.01. The van der Waals surface area contributed by atoms with E-state index in [0.717, 1.165) is 12.0 Å². The lowest BCUT2D eigenvalue weighted by Gasteiger charge is -2.23. The Morgan fingerprint density at radius 3 is 2.79 bits per heavy atom. The molecule has 0 spiro atoms. The summed E-state index contributed by atoms with van der Waals surface area (Å²) >= 11 is 0. The van der Waals surface area contributed by atoms with Crippen LogP contribution in [-0.4, -0.2) is 34.4 Å². The van der Waals surface area contributed by atoms with Gasteiger partial charge in [-0.3, -0.25) is 4.79 Å². The molecule has 0 radical (unpaired) electrons. The molecule has 1 aromatic carbocycles. The molecule has 5 nitrogen and oxygen atoms in total. The summed E-state index contributed by atoms with van der Waals surface area (Å²) in [6.45, 7) is 0.598. The molecule has 1 atom stereocenters. The molecule has 1 saturated heterocycles. The molecule has 2 rings (SSSR count). The quantitative estimate of drug-likeness (QED) is 0.372. The van der Waals surface area contributed by atoms with Crippen molar-refractivity contribution < 1.29 is 14.4 Å². The van der Waals surface area contributed by atoms with Crippen LogP contribution in [0.5, 0.6) is 0 Å². The van der Waals surface area contributed by atoms with Crippen LogP contribution in [-0.2, 0) is 11.2 Å². The molecule has 3 N–H and O–H groups in total. The number of benzene rings is 1. The van der Waals surface area contributed by atoms with Crippen LogP contribution in [0.15, 0.2) is 29.4 Å². The van der Waals surface area contributed by atoms with Crippen LogP contribution in [0.2, 0.25) is 0 Å². The Morgan fingerprint density at radius 1 is 1.47 bits per heavy atom. The molecule has 19 heavy (non-hydrogen) atoms. The van der Waals surface area contributed by atoms with Crippen LogP contribution >= 0.6 is 0 Å². The zero-order chi connectivity index (χ0) is 13.8. The number of hydrogen-bond acceptors (Lipinski definition) is 3. The molecule has 1 aliphatic rings. The van der Waals surface area contributed by atoms with E-state index in [2.05, 4.69) is 5.16 Å². The fourth-order valence-electron chi connectivity index (χ4n) is 2.32. The van der Waals surface area contributed by atoms with Crippen molar-refractivity contribution in [3.8, 4) is 0 Å². The molecule has 0 saturated carbocycles. The number of likely N-dealkylation sites (tertiary alicyclic amines) is 1. The smallest absolute Gasteiger partial charge is 0.227 e. The number of nitrogens with two attached hydrogens (primary N) is 1. The van der Waals surface area contributed by atoms with Gasteiger partial charge in [0.1, 0.15) is 5.82 Å². The summed E-state index contributed by atoms with van der Waals surface area (Å²) in [6, 6.07) is 5.49. The molecular weight excluding hydrogens is 249 g/mol. The molecule has 1 unspecified atom stereocenters. The van der Waals surface area contributed by atoms with Crippen LogP contribution in [0.3, 0.4) is 0 Å². The van der Waals surface area contributed by atoms with Crippen LogP contribution in [0.4, 0.5) is 4.39 Å². The number of hydrogen-bond donors (Lipinski definition) is 2. The van der Waals surface area contributed by atoms with Crippen molar-refractivity contribution in [2.45, 2.75) is 25.3 Å². The summed E-state index contributed by atoms with van der Waals surface area (Å²) in [5, 5.41) is 11.7. The van der Waals surface area contributed by atoms with Crippen molar-refractivity contribution in [1.29, 1.82) is 0 Å². The summed E-state index contributed by atoms with van der Waals surface area (Å²) < 4.78 is 12.8. The van der Waals surface area contributed by atoms with Crippen molar-refractivity contribution in [2.24, 2.45) is 10.9 Å². The van der Waals surface area contributed by atoms with E-state index in [1.54, 1.807) is 17.0 Å². The minimum atomic E-state index is -0.335. The molecule has 0 aromatic heterocycles. The standard InChI is InChI=1S/C13H16FN3O2/c14-10-5-3-9(4-6-10)8-12(18)17-7-1-2-11(17)13(15)16-19/h3-6,11,19H,1-2,7-8H2,(H2,15,16).